The van der Waals surface area contributed by atoms with Gasteiger partial charge in [0, 0.05) is 0 Å². The zero-order chi connectivity index (χ0) is 8.93. The van der Waals surface area contributed by atoms with Crippen molar-refractivity contribution in [2.75, 3.05) is 0 Å². The average molecular weight is 190 g/mol. The van der Waals surface area contributed by atoms with E-state index < -0.39 is 0 Å². The number of hydrogen-bond acceptors (Lipinski definition) is 0. The van der Waals surface area contributed by atoms with Gasteiger partial charge in [0.05, 0.1) is 0 Å². The Hall–Kier alpha value is -0.690. The van der Waals surface area contributed by atoms with Gasteiger partial charge < -0.3 is 0 Å². The first-order chi connectivity index (χ1) is 6.45. The van der Waals surface area contributed by atoms with Crippen LogP contribution in [0.5, 0.6) is 0 Å². The first kappa shape index (κ1) is 11.4. The third-order valence-electron chi connectivity index (χ3n) is 1.93. The van der Waals surface area contributed by atoms with Gasteiger partial charge in [-0.2, -0.15) is 0 Å². The molecule has 1 heteroatoms. The Kier molecular flexibility index (Phi) is 4.81. The molecule has 0 aliphatic carbocycles. The summed E-state index contributed by atoms with van der Waals surface area (Å²) in [7, 11) is 0. The van der Waals surface area contributed by atoms with Crippen molar-refractivity contribution in [3.8, 4) is 0 Å². The van der Waals surface area contributed by atoms with Crippen LogP contribution in [0.4, 0.5) is 0 Å². The molecule has 0 radical (unpaired) electrons. The van der Waals surface area contributed by atoms with Crippen LogP contribution in [0.2, 0.25) is 0 Å². The molecule has 2 rings (SSSR count). The molecular weight excluding hydrogens is 179 g/mol. The molecule has 64 valence electrons. The fourth-order valence-corrected chi connectivity index (χ4v) is 1.29. The second-order valence-corrected chi connectivity index (χ2v) is 2.97. The van der Waals surface area contributed by atoms with Crippen LogP contribution >= 0.6 is 0 Å². The topological polar surface area (TPSA) is 0 Å². The number of benzene rings is 2. The van der Waals surface area contributed by atoms with Crippen molar-refractivity contribution in [1.29, 1.82) is 0 Å². The molecule has 0 amide bonds. The van der Waals surface area contributed by atoms with Crippen LogP contribution in [0.1, 0.15) is 11.1 Å². The summed E-state index contributed by atoms with van der Waals surface area (Å²) in [5, 5.41) is 0. The molecular formula is C13H11Na. The SMILES string of the molecule is [Na+].c1ccc([CH-]c2ccccc2)cc1. The van der Waals surface area contributed by atoms with Gasteiger partial charge in [-0.15, -0.1) is 41.8 Å². The molecule has 0 aliphatic heterocycles. The van der Waals surface area contributed by atoms with E-state index in [1.807, 2.05) is 12.1 Å². The normalized spacial score (nSPS) is 8.86. The molecule has 0 atom stereocenters. The Morgan fingerprint density at radius 1 is 0.571 bits per heavy atom. The van der Waals surface area contributed by atoms with Crippen molar-refractivity contribution in [3.63, 3.8) is 0 Å². The van der Waals surface area contributed by atoms with Gasteiger partial charge in [-0.3, -0.25) is 0 Å². The minimum Gasteiger partial charge on any atom is -0.126 e. The van der Waals surface area contributed by atoms with E-state index in [4.69, 9.17) is 0 Å². The molecule has 0 saturated carbocycles. The maximum atomic E-state index is 2.17. The van der Waals surface area contributed by atoms with Crippen molar-refractivity contribution < 1.29 is 29.6 Å². The Bertz CT molecular complexity index is 316. The molecule has 14 heavy (non-hydrogen) atoms. The summed E-state index contributed by atoms with van der Waals surface area (Å²) in [6, 6.07) is 20.7. The van der Waals surface area contributed by atoms with Crippen LogP contribution in [0, 0.1) is 6.42 Å². The minimum atomic E-state index is 0. The van der Waals surface area contributed by atoms with Crippen LogP contribution in [0.15, 0.2) is 60.7 Å². The van der Waals surface area contributed by atoms with Crippen LogP contribution in [-0.2, 0) is 0 Å². The smallest absolute Gasteiger partial charge is 0.126 e. The Balaban J connectivity index is 0.000000980. The van der Waals surface area contributed by atoms with Crippen molar-refractivity contribution in [3.05, 3.63) is 78.2 Å². The van der Waals surface area contributed by atoms with Crippen molar-refractivity contribution in [2.45, 2.75) is 0 Å². The molecule has 0 spiro atoms. The second kappa shape index (κ2) is 5.92. The van der Waals surface area contributed by atoms with Crippen LogP contribution in [-0.4, -0.2) is 0 Å². The van der Waals surface area contributed by atoms with Gasteiger partial charge in [-0.1, -0.05) is 36.4 Å². The van der Waals surface area contributed by atoms with Gasteiger partial charge in [0.15, 0.2) is 0 Å². The van der Waals surface area contributed by atoms with E-state index in [0.29, 0.717) is 0 Å². The van der Waals surface area contributed by atoms with Gasteiger partial charge in [0.25, 0.3) is 0 Å². The maximum absolute atomic E-state index is 2.17. The summed E-state index contributed by atoms with van der Waals surface area (Å²) in [6.07, 6.45) is 2.17. The Morgan fingerprint density at radius 2 is 0.929 bits per heavy atom. The first-order valence-corrected chi connectivity index (χ1v) is 4.40. The number of rotatable bonds is 2. The molecule has 2 aromatic carbocycles. The van der Waals surface area contributed by atoms with Gasteiger partial charge in [0.1, 0.15) is 0 Å². The second-order valence-electron chi connectivity index (χ2n) is 2.97. The summed E-state index contributed by atoms with van der Waals surface area (Å²) < 4.78 is 0. The summed E-state index contributed by atoms with van der Waals surface area (Å²) in [5.41, 5.74) is 2.49. The molecule has 0 saturated heterocycles. The average Bonchev–Trinajstić information content (AvgIpc) is 2.21. The minimum absolute atomic E-state index is 0. The van der Waals surface area contributed by atoms with Gasteiger partial charge in [-0.25, -0.2) is 0 Å². The Morgan fingerprint density at radius 3 is 1.29 bits per heavy atom. The van der Waals surface area contributed by atoms with E-state index in [0.717, 1.165) is 0 Å². The van der Waals surface area contributed by atoms with Crippen LogP contribution < -0.4 is 29.6 Å². The van der Waals surface area contributed by atoms with Crippen LogP contribution in [0.25, 0.3) is 0 Å². The summed E-state index contributed by atoms with van der Waals surface area (Å²) in [5.74, 6) is 0. The molecule has 0 heterocycles. The van der Waals surface area contributed by atoms with Crippen molar-refractivity contribution >= 4 is 0 Å². The molecule has 0 unspecified atom stereocenters. The third kappa shape index (κ3) is 3.22. The molecule has 0 nitrogen and oxygen atoms in total. The van der Waals surface area contributed by atoms with E-state index >= 15 is 0 Å². The molecule has 0 N–H and O–H groups in total. The standard InChI is InChI=1S/C13H11.Na/c1-3-7-12(8-4-1)11-13-9-5-2-6-10-13;/h1-11H;/q-1;+1. The summed E-state index contributed by atoms with van der Waals surface area (Å²) in [6.45, 7) is 0. The molecule has 0 fully saturated rings. The van der Waals surface area contributed by atoms with Crippen molar-refractivity contribution in [1.82, 2.24) is 0 Å². The predicted molar refractivity (Wildman–Crippen MR) is 55.4 cm³/mol. The van der Waals surface area contributed by atoms with E-state index in [1.54, 1.807) is 0 Å². The van der Waals surface area contributed by atoms with Crippen molar-refractivity contribution in [2.24, 2.45) is 0 Å². The van der Waals surface area contributed by atoms with Gasteiger partial charge in [-0.05, 0) is 0 Å². The quantitative estimate of drug-likeness (QED) is 0.472. The third-order valence-corrected chi connectivity index (χ3v) is 1.93. The van der Waals surface area contributed by atoms with E-state index in [1.165, 1.54) is 11.1 Å². The zero-order valence-corrected chi connectivity index (χ0v) is 10.4. The predicted octanol–water partition coefficient (Wildman–Crippen LogP) is 0.291. The van der Waals surface area contributed by atoms with Gasteiger partial charge in [0.2, 0.25) is 0 Å². The summed E-state index contributed by atoms with van der Waals surface area (Å²) in [4.78, 5) is 0. The number of hydrogen-bond donors (Lipinski definition) is 0. The largest absolute Gasteiger partial charge is 1.00 e. The summed E-state index contributed by atoms with van der Waals surface area (Å²) >= 11 is 0. The molecule has 0 bridgehead atoms. The fourth-order valence-electron chi connectivity index (χ4n) is 1.29. The first-order valence-electron chi connectivity index (χ1n) is 4.40. The fraction of sp³-hybridized carbons (Fsp3) is 0. The van der Waals surface area contributed by atoms with E-state index in [9.17, 15) is 0 Å². The van der Waals surface area contributed by atoms with Gasteiger partial charge >= 0.3 is 29.6 Å². The maximum Gasteiger partial charge on any atom is 1.00 e. The molecule has 0 aromatic heterocycles. The molecule has 0 aliphatic rings. The monoisotopic (exact) mass is 190 g/mol. The molecule has 2 aromatic rings. The van der Waals surface area contributed by atoms with E-state index in [2.05, 4.69) is 55.0 Å². The zero-order valence-electron chi connectivity index (χ0n) is 8.35. The van der Waals surface area contributed by atoms with E-state index in [-0.39, 0.29) is 29.6 Å². The Labute approximate surface area is 107 Å². The van der Waals surface area contributed by atoms with Crippen LogP contribution in [0.3, 0.4) is 0 Å².